The molecule has 3 atom stereocenters. The monoisotopic (exact) mass is 375 g/mol. The number of carbonyl (C=O) groups excluding carboxylic acids is 3. The largest absolute Gasteiger partial charge is 0.545 e. The van der Waals surface area contributed by atoms with Gasteiger partial charge in [0.15, 0.2) is 0 Å². The van der Waals surface area contributed by atoms with E-state index in [4.69, 9.17) is 14.2 Å². The van der Waals surface area contributed by atoms with Crippen LogP contribution in [0.4, 0.5) is 0 Å². The third kappa shape index (κ3) is 3.66. The number of hydrogen-bond donors (Lipinski definition) is 0. The van der Waals surface area contributed by atoms with E-state index in [1.807, 2.05) is 0 Å². The summed E-state index contributed by atoms with van der Waals surface area (Å²) in [6.45, 7) is 1.12. The Kier molecular flexibility index (Phi) is 4.37. The van der Waals surface area contributed by atoms with E-state index < -0.39 is 29.0 Å². The van der Waals surface area contributed by atoms with Crippen molar-refractivity contribution >= 4 is 17.9 Å². The van der Waals surface area contributed by atoms with Gasteiger partial charge in [-0.25, -0.2) is 0 Å². The number of carboxylic acids is 3. The lowest BCUT2D eigenvalue weighted by atomic mass is 9.81. The van der Waals surface area contributed by atoms with E-state index in [-0.39, 0.29) is 59.8 Å². The van der Waals surface area contributed by atoms with Crippen LogP contribution in [0.3, 0.4) is 0 Å². The molecule has 3 aliphatic rings. The lowest BCUT2D eigenvalue weighted by molar-refractivity contribution is -0.260. The molecule has 0 N–H and O–H groups in total. The molecule has 0 radical (unpaired) electrons. The van der Waals surface area contributed by atoms with Crippen molar-refractivity contribution in [1.82, 2.24) is 0 Å². The normalized spacial score (nSPS) is 25.1. The van der Waals surface area contributed by atoms with Crippen LogP contribution in [0.5, 0.6) is 0 Å². The van der Waals surface area contributed by atoms with Gasteiger partial charge in [0.25, 0.3) is 0 Å². The second-order valence-electron chi connectivity index (χ2n) is 6.90. The topological polar surface area (TPSA) is 158 Å². The first kappa shape index (κ1) is 17.9. The summed E-state index contributed by atoms with van der Waals surface area (Å²) >= 11 is 0. The molecule has 9 nitrogen and oxygen atoms in total. The molecular weight excluding hydrogens is 360 g/mol. The van der Waals surface area contributed by atoms with Crippen LogP contribution in [0.1, 0.15) is 47.8 Å². The van der Waals surface area contributed by atoms with Crippen molar-refractivity contribution < 1.29 is 43.9 Å². The van der Waals surface area contributed by atoms with Gasteiger partial charge >= 0.3 is 0 Å². The highest BCUT2D eigenvalue weighted by atomic mass is 16.6. The van der Waals surface area contributed by atoms with Crippen molar-refractivity contribution in [1.29, 1.82) is 0 Å². The summed E-state index contributed by atoms with van der Waals surface area (Å²) in [4.78, 5) is 35.6. The molecule has 1 aromatic rings. The zero-order chi connectivity index (χ0) is 19.3. The van der Waals surface area contributed by atoms with E-state index in [0.29, 0.717) is 19.8 Å². The third-order valence-electron chi connectivity index (χ3n) is 4.94. The van der Waals surface area contributed by atoms with Gasteiger partial charge in [-0.05, 0) is 16.7 Å². The first-order valence-electron chi connectivity index (χ1n) is 8.56. The van der Waals surface area contributed by atoms with Gasteiger partial charge < -0.3 is 43.9 Å². The van der Waals surface area contributed by atoms with Crippen LogP contribution in [-0.4, -0.2) is 56.0 Å². The van der Waals surface area contributed by atoms with Crippen molar-refractivity contribution in [2.75, 3.05) is 19.8 Å². The molecule has 0 saturated carbocycles. The number of epoxide rings is 3. The molecule has 0 aliphatic carbocycles. The fourth-order valence-electron chi connectivity index (χ4n) is 3.50. The second kappa shape index (κ2) is 6.59. The van der Waals surface area contributed by atoms with Gasteiger partial charge in [-0.2, -0.15) is 0 Å². The summed E-state index contributed by atoms with van der Waals surface area (Å²) < 4.78 is 15.4. The number of ether oxygens (including phenoxy) is 3. The Morgan fingerprint density at radius 1 is 0.630 bits per heavy atom. The van der Waals surface area contributed by atoms with Crippen molar-refractivity contribution in [2.45, 2.75) is 37.6 Å². The third-order valence-corrected chi connectivity index (χ3v) is 4.94. The number of hydrogen-bond acceptors (Lipinski definition) is 9. The van der Waals surface area contributed by atoms with E-state index >= 15 is 0 Å². The predicted octanol–water partition coefficient (Wildman–Crippen LogP) is -3.40. The van der Waals surface area contributed by atoms with Crippen LogP contribution in [0.15, 0.2) is 0 Å². The smallest absolute Gasteiger partial charge is 0.0850 e. The maximum Gasteiger partial charge on any atom is 0.0850 e. The minimum atomic E-state index is -1.78. The molecule has 9 heteroatoms. The zero-order valence-electron chi connectivity index (χ0n) is 14.1. The van der Waals surface area contributed by atoms with Crippen molar-refractivity contribution in [2.24, 2.45) is 0 Å². The quantitative estimate of drug-likeness (QED) is 0.401. The first-order chi connectivity index (χ1) is 12.9. The summed E-state index contributed by atoms with van der Waals surface area (Å²) in [6, 6.07) is 0. The molecule has 1 aromatic carbocycles. The number of benzene rings is 1. The Morgan fingerprint density at radius 3 is 1.26 bits per heavy atom. The Hall–Kier alpha value is -2.49. The van der Waals surface area contributed by atoms with E-state index in [2.05, 4.69) is 0 Å². The number of rotatable bonds is 9. The summed E-state index contributed by atoms with van der Waals surface area (Å²) in [5.41, 5.74) is -1.43. The van der Waals surface area contributed by atoms with E-state index in [9.17, 15) is 29.7 Å². The summed E-state index contributed by atoms with van der Waals surface area (Å²) in [7, 11) is 0. The van der Waals surface area contributed by atoms with Crippen LogP contribution in [0, 0.1) is 0 Å². The molecule has 3 heterocycles. The fourth-order valence-corrected chi connectivity index (χ4v) is 3.50. The van der Waals surface area contributed by atoms with Crippen LogP contribution >= 0.6 is 0 Å². The van der Waals surface area contributed by atoms with Crippen LogP contribution in [0.2, 0.25) is 0 Å². The van der Waals surface area contributed by atoms with Gasteiger partial charge in [-0.15, -0.1) is 0 Å². The van der Waals surface area contributed by atoms with Crippen LogP contribution in [-0.2, 0) is 33.5 Å². The zero-order valence-corrected chi connectivity index (χ0v) is 14.1. The number of aromatic carboxylic acids is 3. The highest BCUT2D eigenvalue weighted by Gasteiger charge is 2.35. The average Bonchev–Trinajstić information content (AvgIpc) is 3.41. The van der Waals surface area contributed by atoms with Gasteiger partial charge in [0.2, 0.25) is 0 Å². The molecule has 27 heavy (non-hydrogen) atoms. The standard InChI is InChI=1S/C18H18O9/c19-16(20)13-10(1-7-4-25-7)11(2-8-5-26-8)14(17(21)22)15(18(23)24)12(13)3-9-6-27-9/h7-9H,1-6H2,(H,19,20)(H,21,22)(H,23,24)/p-3. The molecule has 0 aromatic heterocycles. The fraction of sp³-hybridized carbons (Fsp3) is 0.500. The van der Waals surface area contributed by atoms with Crippen molar-refractivity contribution in [3.05, 3.63) is 33.4 Å². The van der Waals surface area contributed by atoms with Gasteiger partial charge in [-0.3, -0.25) is 0 Å². The molecule has 3 aliphatic heterocycles. The Morgan fingerprint density at radius 2 is 0.926 bits per heavy atom. The highest BCUT2D eigenvalue weighted by molar-refractivity contribution is 6.06. The predicted molar refractivity (Wildman–Crippen MR) is 79.8 cm³/mol. The SMILES string of the molecule is O=C([O-])c1c(CC2CO2)c(CC2CO2)c(C(=O)[O-])c(C(=O)[O-])c1CC1CO1. The minimum absolute atomic E-state index is 0.0616. The molecule has 0 bridgehead atoms. The van der Waals surface area contributed by atoms with Crippen LogP contribution in [0.25, 0.3) is 0 Å². The van der Waals surface area contributed by atoms with Gasteiger partial charge in [0, 0.05) is 36.0 Å². The maximum absolute atomic E-state index is 12.0. The lowest BCUT2D eigenvalue weighted by Gasteiger charge is -2.27. The van der Waals surface area contributed by atoms with Gasteiger partial charge in [0.05, 0.1) is 56.0 Å². The van der Waals surface area contributed by atoms with E-state index in [1.54, 1.807) is 0 Å². The van der Waals surface area contributed by atoms with E-state index in [0.717, 1.165) is 0 Å². The Labute approximate surface area is 153 Å². The number of carbonyl (C=O) groups is 3. The Bertz CT molecular complexity index is 832. The molecule has 3 saturated heterocycles. The second-order valence-corrected chi connectivity index (χ2v) is 6.90. The van der Waals surface area contributed by atoms with E-state index in [1.165, 1.54) is 0 Å². The average molecular weight is 375 g/mol. The van der Waals surface area contributed by atoms with Crippen LogP contribution < -0.4 is 15.3 Å². The lowest BCUT2D eigenvalue weighted by Crippen LogP contribution is -2.37. The minimum Gasteiger partial charge on any atom is -0.545 e. The molecular formula is C18H15O9-3. The summed E-state index contributed by atoms with van der Waals surface area (Å²) in [6.07, 6.45) is -0.799. The van der Waals surface area contributed by atoms with Gasteiger partial charge in [-0.1, -0.05) is 0 Å². The highest BCUT2D eigenvalue weighted by Crippen LogP contribution is 2.35. The first-order valence-corrected chi connectivity index (χ1v) is 8.56. The molecule has 144 valence electrons. The summed E-state index contributed by atoms with van der Waals surface area (Å²) in [5, 5.41) is 35.6. The van der Waals surface area contributed by atoms with Gasteiger partial charge in [0.1, 0.15) is 0 Å². The molecule has 0 spiro atoms. The maximum atomic E-state index is 12.0. The van der Waals surface area contributed by atoms with Crippen molar-refractivity contribution in [3.8, 4) is 0 Å². The molecule has 0 amide bonds. The molecule has 4 rings (SSSR count). The molecule has 3 fully saturated rings. The van der Waals surface area contributed by atoms with Crippen molar-refractivity contribution in [3.63, 3.8) is 0 Å². The number of carboxylic acid groups (broad SMARTS) is 3. The summed E-state index contributed by atoms with van der Waals surface area (Å²) in [5.74, 6) is -5.06. The Balaban J connectivity index is 2.00. The molecule has 3 unspecified atom stereocenters.